The van der Waals surface area contributed by atoms with Crippen LogP contribution in [0.25, 0.3) is 11.3 Å². The molecule has 0 spiro atoms. The average Bonchev–Trinajstić information content (AvgIpc) is 2.80. The first kappa shape index (κ1) is 19.1. The van der Waals surface area contributed by atoms with Gasteiger partial charge < -0.3 is 15.5 Å². The fourth-order valence-corrected chi connectivity index (χ4v) is 1.66. The number of alkyl halides is 3. The van der Waals surface area contributed by atoms with Gasteiger partial charge in [0.15, 0.2) is 5.96 Å². The van der Waals surface area contributed by atoms with Crippen molar-refractivity contribution in [1.29, 1.82) is 5.41 Å². The first-order chi connectivity index (χ1) is 8.88. The zero-order valence-electron chi connectivity index (χ0n) is 10.4. The lowest BCUT2D eigenvalue weighted by molar-refractivity contribution is -0.137. The fourth-order valence-electron chi connectivity index (χ4n) is 1.66. The number of guanidine groups is 1. The molecular formula is C12H12Cl2F3N3O. The van der Waals surface area contributed by atoms with Crippen LogP contribution in [-0.2, 0) is 6.18 Å². The van der Waals surface area contributed by atoms with E-state index in [1.165, 1.54) is 30.5 Å². The van der Waals surface area contributed by atoms with Gasteiger partial charge in [-0.25, -0.2) is 0 Å². The number of nitrogens with two attached hydrogens (primary N) is 1. The summed E-state index contributed by atoms with van der Waals surface area (Å²) in [5.74, 6) is -0.305. The van der Waals surface area contributed by atoms with Crippen LogP contribution >= 0.6 is 24.8 Å². The topological polar surface area (TPSA) is 75.0 Å². The van der Waals surface area contributed by atoms with Crippen LogP contribution in [0, 0.1) is 5.41 Å². The highest BCUT2D eigenvalue weighted by Crippen LogP contribution is 2.38. The van der Waals surface area contributed by atoms with Gasteiger partial charge in [-0.1, -0.05) is 0 Å². The molecule has 21 heavy (non-hydrogen) atoms. The second-order valence-electron chi connectivity index (χ2n) is 3.77. The molecule has 2 aromatic rings. The van der Waals surface area contributed by atoms with E-state index in [2.05, 4.69) is 5.32 Å². The lowest BCUT2D eigenvalue weighted by atomic mass is 10.0. The summed E-state index contributed by atoms with van der Waals surface area (Å²) in [5, 5.41) is 9.34. The van der Waals surface area contributed by atoms with E-state index in [1.807, 2.05) is 0 Å². The van der Waals surface area contributed by atoms with Crippen LogP contribution in [0.2, 0.25) is 0 Å². The lowest BCUT2D eigenvalue weighted by Gasteiger charge is -2.13. The van der Waals surface area contributed by atoms with E-state index in [0.29, 0.717) is 0 Å². The summed E-state index contributed by atoms with van der Waals surface area (Å²) in [6.07, 6.45) is -3.23. The summed E-state index contributed by atoms with van der Waals surface area (Å²) in [6, 6.07) is 6.51. The number of hydrogen-bond donors (Lipinski definition) is 3. The van der Waals surface area contributed by atoms with Crippen LogP contribution in [0.5, 0.6) is 0 Å². The normalized spacial score (nSPS) is 10.2. The second-order valence-corrected chi connectivity index (χ2v) is 3.77. The molecular weight excluding hydrogens is 330 g/mol. The average molecular weight is 342 g/mol. The molecule has 0 amide bonds. The van der Waals surface area contributed by atoms with Crippen molar-refractivity contribution >= 4 is 36.5 Å². The molecule has 1 heterocycles. The van der Waals surface area contributed by atoms with Gasteiger partial charge in [-0.15, -0.1) is 24.8 Å². The third-order valence-electron chi connectivity index (χ3n) is 2.39. The predicted octanol–water partition coefficient (Wildman–Crippen LogP) is 4.11. The van der Waals surface area contributed by atoms with Crippen LogP contribution < -0.4 is 11.1 Å². The molecule has 0 aliphatic carbocycles. The minimum absolute atomic E-state index is 0. The first-order valence-corrected chi connectivity index (χ1v) is 5.24. The minimum Gasteiger partial charge on any atom is -0.464 e. The Labute approximate surface area is 130 Å². The SMILES string of the molecule is Cl.Cl.N=C(N)Nc1ccc(-c2ccco2)c(C(F)(F)F)c1. The molecule has 4 nitrogen and oxygen atoms in total. The Bertz CT molecular complexity index is 600. The molecule has 2 rings (SSSR count). The number of halogens is 5. The number of rotatable bonds is 2. The number of hydrogen-bond acceptors (Lipinski definition) is 2. The number of nitrogens with one attached hydrogen (secondary N) is 2. The first-order valence-electron chi connectivity index (χ1n) is 5.24. The third kappa shape index (κ3) is 4.57. The second kappa shape index (κ2) is 7.24. The van der Waals surface area contributed by atoms with Crippen molar-refractivity contribution in [2.75, 3.05) is 5.32 Å². The standard InChI is InChI=1S/C12H10F3N3O.2ClH/c13-12(14,15)9-6-7(18-11(16)17)3-4-8(9)10-2-1-5-19-10;;/h1-6H,(H4,16,17,18);2*1H. The van der Waals surface area contributed by atoms with E-state index in [9.17, 15) is 13.2 Å². The van der Waals surface area contributed by atoms with Crippen LogP contribution in [-0.4, -0.2) is 5.96 Å². The highest BCUT2D eigenvalue weighted by Gasteiger charge is 2.34. The molecule has 0 saturated carbocycles. The van der Waals surface area contributed by atoms with Gasteiger partial charge in [0, 0.05) is 11.3 Å². The Balaban J connectivity index is 0.00000200. The van der Waals surface area contributed by atoms with E-state index in [0.717, 1.165) is 6.07 Å². The van der Waals surface area contributed by atoms with Gasteiger partial charge in [0.25, 0.3) is 0 Å². The number of furan rings is 1. The van der Waals surface area contributed by atoms with E-state index < -0.39 is 17.7 Å². The quantitative estimate of drug-likeness (QED) is 0.568. The summed E-state index contributed by atoms with van der Waals surface area (Å²) < 4.78 is 44.0. The zero-order valence-corrected chi connectivity index (χ0v) is 12.0. The van der Waals surface area contributed by atoms with Gasteiger partial charge in [0.2, 0.25) is 0 Å². The Morgan fingerprint density at radius 3 is 2.33 bits per heavy atom. The number of benzene rings is 1. The molecule has 0 fully saturated rings. The van der Waals surface area contributed by atoms with E-state index in [4.69, 9.17) is 15.6 Å². The number of anilines is 1. The van der Waals surface area contributed by atoms with Gasteiger partial charge in [0.05, 0.1) is 11.8 Å². The maximum Gasteiger partial charge on any atom is 0.417 e. The van der Waals surface area contributed by atoms with Gasteiger partial charge >= 0.3 is 6.18 Å². The molecule has 0 saturated heterocycles. The van der Waals surface area contributed by atoms with Crippen molar-refractivity contribution < 1.29 is 17.6 Å². The van der Waals surface area contributed by atoms with E-state index >= 15 is 0 Å². The summed E-state index contributed by atoms with van der Waals surface area (Å²) in [5.41, 5.74) is 4.26. The van der Waals surface area contributed by atoms with Crippen molar-refractivity contribution in [2.24, 2.45) is 5.73 Å². The smallest absolute Gasteiger partial charge is 0.417 e. The minimum atomic E-state index is -4.53. The summed E-state index contributed by atoms with van der Waals surface area (Å²) in [7, 11) is 0. The van der Waals surface area contributed by atoms with Crippen LogP contribution in [0.15, 0.2) is 41.0 Å². The molecule has 0 bridgehead atoms. The molecule has 1 aromatic carbocycles. The summed E-state index contributed by atoms with van der Waals surface area (Å²) >= 11 is 0. The molecule has 4 N–H and O–H groups in total. The van der Waals surface area contributed by atoms with Crippen molar-refractivity contribution in [2.45, 2.75) is 6.18 Å². The van der Waals surface area contributed by atoms with Crippen LogP contribution in [0.4, 0.5) is 18.9 Å². The van der Waals surface area contributed by atoms with Gasteiger partial charge in [-0.3, -0.25) is 5.41 Å². The predicted molar refractivity (Wildman–Crippen MR) is 79.2 cm³/mol. The fraction of sp³-hybridized carbons (Fsp3) is 0.0833. The monoisotopic (exact) mass is 341 g/mol. The maximum absolute atomic E-state index is 13.0. The van der Waals surface area contributed by atoms with Crippen LogP contribution in [0.1, 0.15) is 5.56 Å². The third-order valence-corrected chi connectivity index (χ3v) is 2.39. The molecule has 116 valence electrons. The van der Waals surface area contributed by atoms with E-state index in [-0.39, 0.29) is 41.8 Å². The molecule has 9 heteroatoms. The summed E-state index contributed by atoms with van der Waals surface area (Å²) in [6.45, 7) is 0. The zero-order chi connectivity index (χ0) is 14.0. The Kier molecular flexibility index (Phi) is 6.59. The Morgan fingerprint density at radius 2 is 1.86 bits per heavy atom. The van der Waals surface area contributed by atoms with Gasteiger partial charge in [0.1, 0.15) is 5.76 Å². The maximum atomic E-state index is 13.0. The highest BCUT2D eigenvalue weighted by molar-refractivity contribution is 5.90. The largest absolute Gasteiger partial charge is 0.464 e. The lowest BCUT2D eigenvalue weighted by Crippen LogP contribution is -2.21. The molecule has 0 aliphatic heterocycles. The highest BCUT2D eigenvalue weighted by atomic mass is 35.5. The van der Waals surface area contributed by atoms with Gasteiger partial charge in [-0.05, 0) is 30.3 Å². The Hall–Kier alpha value is -1.86. The molecule has 0 atom stereocenters. The molecule has 0 aliphatic rings. The molecule has 1 aromatic heterocycles. The van der Waals surface area contributed by atoms with Crippen molar-refractivity contribution in [3.05, 3.63) is 42.2 Å². The summed E-state index contributed by atoms with van der Waals surface area (Å²) in [4.78, 5) is 0. The van der Waals surface area contributed by atoms with E-state index in [1.54, 1.807) is 0 Å². The Morgan fingerprint density at radius 1 is 1.19 bits per heavy atom. The molecule has 0 radical (unpaired) electrons. The molecule has 0 unspecified atom stereocenters. The van der Waals surface area contributed by atoms with Gasteiger partial charge in [-0.2, -0.15) is 13.2 Å². The van der Waals surface area contributed by atoms with Crippen molar-refractivity contribution in [3.8, 4) is 11.3 Å². The van der Waals surface area contributed by atoms with Crippen LogP contribution in [0.3, 0.4) is 0 Å². The van der Waals surface area contributed by atoms with Crippen molar-refractivity contribution in [1.82, 2.24) is 0 Å². The van der Waals surface area contributed by atoms with Crippen molar-refractivity contribution in [3.63, 3.8) is 0 Å².